The van der Waals surface area contributed by atoms with Crippen molar-refractivity contribution in [3.05, 3.63) is 41.2 Å². The number of aromatic nitrogens is 2. The average molecular weight is 279 g/mol. The standard InChI is InChI=1S/C13H15ClN4O/c1-8-6-16-18(7-8)9(2)13(19)17-12-4-3-10(14)5-11(12)15/h3-7,9H,15H2,1-2H3,(H,17,19). The van der Waals surface area contributed by atoms with Crippen LogP contribution in [0.1, 0.15) is 18.5 Å². The Labute approximate surface area is 116 Å². The minimum Gasteiger partial charge on any atom is -0.397 e. The van der Waals surface area contributed by atoms with Gasteiger partial charge in [0.05, 0.1) is 17.6 Å². The Bertz CT molecular complexity index is 608. The van der Waals surface area contributed by atoms with Crippen LogP contribution in [0.15, 0.2) is 30.6 Å². The van der Waals surface area contributed by atoms with E-state index in [1.165, 1.54) is 0 Å². The first kappa shape index (κ1) is 13.4. The van der Waals surface area contributed by atoms with E-state index in [1.807, 2.05) is 13.1 Å². The lowest BCUT2D eigenvalue weighted by atomic mass is 10.2. The molecule has 0 saturated carbocycles. The van der Waals surface area contributed by atoms with Crippen LogP contribution in [-0.4, -0.2) is 15.7 Å². The van der Waals surface area contributed by atoms with Crippen molar-refractivity contribution in [2.45, 2.75) is 19.9 Å². The number of benzene rings is 1. The van der Waals surface area contributed by atoms with Crippen LogP contribution >= 0.6 is 11.6 Å². The number of hydrogen-bond acceptors (Lipinski definition) is 3. The van der Waals surface area contributed by atoms with Gasteiger partial charge < -0.3 is 11.1 Å². The summed E-state index contributed by atoms with van der Waals surface area (Å²) in [5.74, 6) is -0.183. The maximum absolute atomic E-state index is 12.1. The number of aryl methyl sites for hydroxylation is 1. The molecular weight excluding hydrogens is 264 g/mol. The second kappa shape index (κ2) is 5.32. The van der Waals surface area contributed by atoms with Crippen molar-refractivity contribution in [2.75, 3.05) is 11.1 Å². The number of hydrogen-bond donors (Lipinski definition) is 2. The maximum atomic E-state index is 12.1. The van der Waals surface area contributed by atoms with Crippen molar-refractivity contribution in [3.63, 3.8) is 0 Å². The Balaban J connectivity index is 2.12. The molecule has 1 amide bonds. The fourth-order valence-electron chi connectivity index (χ4n) is 1.65. The second-order valence-electron chi connectivity index (χ2n) is 4.39. The Kier molecular flexibility index (Phi) is 3.76. The predicted molar refractivity (Wildman–Crippen MR) is 76.2 cm³/mol. The molecule has 100 valence electrons. The molecule has 2 rings (SSSR count). The van der Waals surface area contributed by atoms with Crippen molar-refractivity contribution < 1.29 is 4.79 Å². The number of anilines is 2. The van der Waals surface area contributed by atoms with Crippen molar-refractivity contribution in [1.82, 2.24) is 9.78 Å². The van der Waals surface area contributed by atoms with Gasteiger partial charge in [-0.3, -0.25) is 9.48 Å². The highest BCUT2D eigenvalue weighted by molar-refractivity contribution is 6.31. The number of nitrogens with zero attached hydrogens (tertiary/aromatic N) is 2. The summed E-state index contributed by atoms with van der Waals surface area (Å²) in [5.41, 5.74) is 7.78. The van der Waals surface area contributed by atoms with Crippen molar-refractivity contribution in [1.29, 1.82) is 0 Å². The topological polar surface area (TPSA) is 72.9 Å². The molecule has 0 radical (unpaired) electrons. The first-order valence-corrected chi connectivity index (χ1v) is 6.22. The Hall–Kier alpha value is -2.01. The van der Waals surface area contributed by atoms with Crippen LogP contribution in [0, 0.1) is 6.92 Å². The molecule has 3 N–H and O–H groups in total. The molecular formula is C13H15ClN4O. The summed E-state index contributed by atoms with van der Waals surface area (Å²) in [6, 6.07) is 4.54. The molecule has 1 unspecified atom stereocenters. The number of carbonyl (C=O) groups is 1. The van der Waals surface area contributed by atoms with E-state index in [0.29, 0.717) is 16.4 Å². The number of nitrogen functional groups attached to an aromatic ring is 1. The van der Waals surface area contributed by atoms with Gasteiger partial charge in [-0.15, -0.1) is 0 Å². The van der Waals surface area contributed by atoms with Gasteiger partial charge in [-0.25, -0.2) is 0 Å². The molecule has 0 spiro atoms. The number of amides is 1. The minimum atomic E-state index is -0.413. The van der Waals surface area contributed by atoms with E-state index in [1.54, 1.807) is 36.0 Å². The first-order valence-electron chi connectivity index (χ1n) is 5.84. The molecule has 19 heavy (non-hydrogen) atoms. The van der Waals surface area contributed by atoms with E-state index in [4.69, 9.17) is 17.3 Å². The number of carbonyl (C=O) groups excluding carboxylic acids is 1. The summed E-state index contributed by atoms with van der Waals surface area (Å²) in [6.07, 6.45) is 3.52. The molecule has 0 aliphatic heterocycles. The molecule has 0 aliphatic rings. The molecule has 0 bridgehead atoms. The van der Waals surface area contributed by atoms with Gasteiger partial charge in [0.25, 0.3) is 0 Å². The summed E-state index contributed by atoms with van der Waals surface area (Å²) in [4.78, 5) is 12.1. The van der Waals surface area contributed by atoms with E-state index >= 15 is 0 Å². The zero-order valence-corrected chi connectivity index (χ0v) is 11.5. The van der Waals surface area contributed by atoms with Crippen LogP contribution in [0.5, 0.6) is 0 Å². The van der Waals surface area contributed by atoms with Gasteiger partial charge in [-0.05, 0) is 37.6 Å². The van der Waals surface area contributed by atoms with Crippen LogP contribution in [0.4, 0.5) is 11.4 Å². The normalized spacial score (nSPS) is 12.2. The Morgan fingerprint density at radius 1 is 1.53 bits per heavy atom. The van der Waals surface area contributed by atoms with Crippen LogP contribution in [-0.2, 0) is 4.79 Å². The van der Waals surface area contributed by atoms with Crippen molar-refractivity contribution >= 4 is 28.9 Å². The highest BCUT2D eigenvalue weighted by atomic mass is 35.5. The molecule has 2 aromatic rings. The van der Waals surface area contributed by atoms with Gasteiger partial charge >= 0.3 is 0 Å². The lowest BCUT2D eigenvalue weighted by Gasteiger charge is -2.14. The third-order valence-electron chi connectivity index (χ3n) is 2.78. The molecule has 1 aromatic carbocycles. The van der Waals surface area contributed by atoms with Crippen LogP contribution < -0.4 is 11.1 Å². The fraction of sp³-hybridized carbons (Fsp3) is 0.231. The lowest BCUT2D eigenvalue weighted by molar-refractivity contribution is -0.119. The summed E-state index contributed by atoms with van der Waals surface area (Å²) >= 11 is 5.81. The van der Waals surface area contributed by atoms with Crippen molar-refractivity contribution in [2.24, 2.45) is 0 Å². The monoisotopic (exact) mass is 278 g/mol. The van der Waals surface area contributed by atoms with Gasteiger partial charge in [0.1, 0.15) is 6.04 Å². The minimum absolute atomic E-state index is 0.183. The van der Waals surface area contributed by atoms with E-state index in [0.717, 1.165) is 5.56 Å². The van der Waals surface area contributed by atoms with E-state index < -0.39 is 6.04 Å². The average Bonchev–Trinajstić information content (AvgIpc) is 2.78. The second-order valence-corrected chi connectivity index (χ2v) is 4.83. The van der Waals surface area contributed by atoms with Gasteiger partial charge in [0.2, 0.25) is 5.91 Å². The third-order valence-corrected chi connectivity index (χ3v) is 3.01. The number of rotatable bonds is 3. The van der Waals surface area contributed by atoms with Gasteiger partial charge in [0, 0.05) is 11.2 Å². The zero-order valence-electron chi connectivity index (χ0n) is 10.7. The maximum Gasteiger partial charge on any atom is 0.249 e. The summed E-state index contributed by atoms with van der Waals surface area (Å²) in [7, 11) is 0. The predicted octanol–water partition coefficient (Wildman–Crippen LogP) is 2.63. The van der Waals surface area contributed by atoms with E-state index in [-0.39, 0.29) is 5.91 Å². The molecule has 0 saturated heterocycles. The van der Waals surface area contributed by atoms with E-state index in [9.17, 15) is 4.79 Å². The first-order chi connectivity index (χ1) is 8.97. The Morgan fingerprint density at radius 3 is 2.84 bits per heavy atom. The SMILES string of the molecule is Cc1cnn(C(C)C(=O)Nc2ccc(Cl)cc2N)c1. The number of halogens is 1. The van der Waals surface area contributed by atoms with E-state index in [2.05, 4.69) is 10.4 Å². The summed E-state index contributed by atoms with van der Waals surface area (Å²) in [6.45, 7) is 3.69. The lowest BCUT2D eigenvalue weighted by Crippen LogP contribution is -2.24. The highest BCUT2D eigenvalue weighted by Gasteiger charge is 2.16. The molecule has 1 aromatic heterocycles. The Morgan fingerprint density at radius 2 is 2.26 bits per heavy atom. The van der Waals surface area contributed by atoms with Crippen LogP contribution in [0.2, 0.25) is 5.02 Å². The van der Waals surface area contributed by atoms with Crippen LogP contribution in [0.3, 0.4) is 0 Å². The molecule has 0 fully saturated rings. The smallest absolute Gasteiger partial charge is 0.249 e. The molecule has 1 atom stereocenters. The van der Waals surface area contributed by atoms with Gasteiger partial charge in [-0.1, -0.05) is 11.6 Å². The molecule has 6 heteroatoms. The van der Waals surface area contributed by atoms with Crippen molar-refractivity contribution in [3.8, 4) is 0 Å². The van der Waals surface area contributed by atoms with Gasteiger partial charge in [0.15, 0.2) is 0 Å². The number of nitrogens with one attached hydrogen (secondary N) is 1. The molecule has 5 nitrogen and oxygen atoms in total. The zero-order chi connectivity index (χ0) is 14.0. The fourth-order valence-corrected chi connectivity index (χ4v) is 1.83. The summed E-state index contributed by atoms with van der Waals surface area (Å²) < 4.78 is 1.61. The largest absolute Gasteiger partial charge is 0.397 e. The summed E-state index contributed by atoms with van der Waals surface area (Å²) in [5, 5.41) is 7.41. The number of nitrogens with two attached hydrogens (primary N) is 1. The van der Waals surface area contributed by atoms with Crippen LogP contribution in [0.25, 0.3) is 0 Å². The molecule has 0 aliphatic carbocycles. The quantitative estimate of drug-likeness (QED) is 0.848. The third kappa shape index (κ3) is 3.06. The van der Waals surface area contributed by atoms with Gasteiger partial charge in [-0.2, -0.15) is 5.10 Å². The molecule has 1 heterocycles. The highest BCUT2D eigenvalue weighted by Crippen LogP contribution is 2.23.